The first-order chi connectivity index (χ1) is 10.1. The fourth-order valence-electron chi connectivity index (χ4n) is 3.65. The highest BCUT2D eigenvalue weighted by atomic mass is 19.1. The summed E-state index contributed by atoms with van der Waals surface area (Å²) in [7, 11) is 0. The van der Waals surface area contributed by atoms with Gasteiger partial charge >= 0.3 is 0 Å². The van der Waals surface area contributed by atoms with Gasteiger partial charge in [-0.25, -0.2) is 4.39 Å². The molecular weight excluding hydrogens is 269 g/mol. The summed E-state index contributed by atoms with van der Waals surface area (Å²) in [6.07, 6.45) is 4.00. The number of rotatable bonds is 3. The maximum atomic E-state index is 13.1. The average Bonchev–Trinajstić information content (AvgIpc) is 2.92. The van der Waals surface area contributed by atoms with Gasteiger partial charge in [0, 0.05) is 30.6 Å². The second-order valence-corrected chi connectivity index (χ2v) is 6.32. The highest BCUT2D eigenvalue weighted by Crippen LogP contribution is 2.39. The quantitative estimate of drug-likeness (QED) is 0.847. The predicted molar refractivity (Wildman–Crippen MR) is 80.9 cm³/mol. The number of halogens is 1. The average molecular weight is 293 g/mol. The largest absolute Gasteiger partial charge is 0.366 e. The van der Waals surface area contributed by atoms with Crippen molar-refractivity contribution < 1.29 is 13.9 Å². The summed E-state index contributed by atoms with van der Waals surface area (Å²) in [5, 5.41) is 0. The van der Waals surface area contributed by atoms with E-state index in [1.807, 2.05) is 12.1 Å². The molecule has 0 bridgehead atoms. The molecule has 21 heavy (non-hydrogen) atoms. The van der Waals surface area contributed by atoms with Gasteiger partial charge in [0.1, 0.15) is 5.82 Å². The number of nitrogens with zero attached hydrogens (tertiary/aromatic N) is 1. The number of ether oxygens (including phenoxy) is 2. The van der Waals surface area contributed by atoms with Crippen LogP contribution in [0.4, 0.5) is 10.1 Å². The van der Waals surface area contributed by atoms with E-state index in [0.717, 1.165) is 44.6 Å². The van der Waals surface area contributed by atoms with E-state index in [-0.39, 0.29) is 11.6 Å². The molecular formula is C17H24FNO2. The number of hydrogen-bond donors (Lipinski definition) is 0. The molecule has 0 amide bonds. The first kappa shape index (κ1) is 14.8. The second-order valence-electron chi connectivity index (χ2n) is 6.32. The van der Waals surface area contributed by atoms with Crippen LogP contribution in [-0.4, -0.2) is 31.1 Å². The Labute approximate surface area is 126 Å². The minimum atomic E-state index is -0.318. The van der Waals surface area contributed by atoms with Crippen LogP contribution < -0.4 is 4.90 Å². The molecule has 0 unspecified atom stereocenters. The molecule has 0 atom stereocenters. The van der Waals surface area contributed by atoms with Crippen LogP contribution in [0.25, 0.3) is 0 Å². The number of anilines is 1. The van der Waals surface area contributed by atoms with Crippen molar-refractivity contribution in [2.75, 3.05) is 18.1 Å². The Bertz CT molecular complexity index is 458. The lowest BCUT2D eigenvalue weighted by Crippen LogP contribution is -2.47. The molecule has 1 aliphatic heterocycles. The van der Waals surface area contributed by atoms with Crippen LogP contribution in [0.15, 0.2) is 24.3 Å². The van der Waals surface area contributed by atoms with Gasteiger partial charge in [-0.1, -0.05) is 0 Å². The maximum absolute atomic E-state index is 13.1. The van der Waals surface area contributed by atoms with Crippen LogP contribution >= 0.6 is 0 Å². The molecule has 1 heterocycles. The SMILES string of the molecule is CC(C)N(c1ccc(F)cc1)C1CCC2(CC1)OCCO2. The Morgan fingerprint density at radius 3 is 2.19 bits per heavy atom. The van der Waals surface area contributed by atoms with Gasteiger partial charge < -0.3 is 14.4 Å². The maximum Gasteiger partial charge on any atom is 0.168 e. The molecule has 1 aromatic rings. The lowest BCUT2D eigenvalue weighted by molar-refractivity contribution is -0.178. The summed E-state index contributed by atoms with van der Waals surface area (Å²) in [6.45, 7) is 5.82. The fraction of sp³-hybridized carbons (Fsp3) is 0.647. The van der Waals surface area contributed by atoms with Crippen molar-refractivity contribution in [3.63, 3.8) is 0 Å². The summed E-state index contributed by atoms with van der Waals surface area (Å²) < 4.78 is 24.7. The molecule has 1 aromatic carbocycles. The first-order valence-electron chi connectivity index (χ1n) is 7.91. The minimum Gasteiger partial charge on any atom is -0.366 e. The van der Waals surface area contributed by atoms with Crippen LogP contribution in [0.2, 0.25) is 0 Å². The standard InChI is InChI=1S/C17H24FNO2/c1-13(2)19(15-5-3-14(18)4-6-15)16-7-9-17(10-8-16)20-11-12-21-17/h3-6,13,16H,7-12H2,1-2H3. The molecule has 3 rings (SSSR count). The molecule has 1 saturated heterocycles. The lowest BCUT2D eigenvalue weighted by atomic mass is 9.88. The van der Waals surface area contributed by atoms with Gasteiger partial charge in [0.15, 0.2) is 5.79 Å². The van der Waals surface area contributed by atoms with Crippen molar-refractivity contribution >= 4 is 5.69 Å². The summed E-state index contributed by atoms with van der Waals surface area (Å²) in [5.41, 5.74) is 1.10. The Hall–Kier alpha value is -1.13. The second kappa shape index (κ2) is 5.93. The Morgan fingerprint density at radius 2 is 1.67 bits per heavy atom. The number of hydrogen-bond acceptors (Lipinski definition) is 3. The normalized spacial score (nSPS) is 22.1. The van der Waals surface area contributed by atoms with Crippen LogP contribution in [-0.2, 0) is 9.47 Å². The Balaban J connectivity index is 1.72. The van der Waals surface area contributed by atoms with E-state index in [1.54, 1.807) is 0 Å². The van der Waals surface area contributed by atoms with Crippen LogP contribution in [0.3, 0.4) is 0 Å². The third-order valence-corrected chi connectivity index (χ3v) is 4.60. The Morgan fingerprint density at radius 1 is 1.10 bits per heavy atom. The van der Waals surface area contributed by atoms with Gasteiger partial charge in [-0.15, -0.1) is 0 Å². The van der Waals surface area contributed by atoms with E-state index in [2.05, 4.69) is 18.7 Å². The van der Waals surface area contributed by atoms with E-state index in [1.165, 1.54) is 12.1 Å². The highest BCUT2D eigenvalue weighted by molar-refractivity contribution is 5.48. The molecule has 3 nitrogen and oxygen atoms in total. The van der Waals surface area contributed by atoms with Crippen LogP contribution in [0.5, 0.6) is 0 Å². The summed E-state index contributed by atoms with van der Waals surface area (Å²) in [5.74, 6) is -0.500. The first-order valence-corrected chi connectivity index (χ1v) is 7.91. The topological polar surface area (TPSA) is 21.7 Å². The zero-order chi connectivity index (χ0) is 14.9. The molecule has 0 radical (unpaired) electrons. The van der Waals surface area contributed by atoms with Crippen molar-refractivity contribution in [3.8, 4) is 0 Å². The van der Waals surface area contributed by atoms with Gasteiger partial charge in [0.2, 0.25) is 0 Å². The van der Waals surface area contributed by atoms with Gasteiger partial charge in [0.05, 0.1) is 13.2 Å². The van der Waals surface area contributed by atoms with Crippen molar-refractivity contribution in [2.24, 2.45) is 0 Å². The molecule has 0 N–H and O–H groups in total. The third-order valence-electron chi connectivity index (χ3n) is 4.60. The van der Waals surface area contributed by atoms with Gasteiger partial charge in [-0.05, 0) is 51.0 Å². The highest BCUT2D eigenvalue weighted by Gasteiger charge is 2.41. The third kappa shape index (κ3) is 3.06. The Kier molecular flexibility index (Phi) is 4.18. The van der Waals surface area contributed by atoms with Crippen LogP contribution in [0, 0.1) is 5.82 Å². The monoisotopic (exact) mass is 293 g/mol. The van der Waals surface area contributed by atoms with Crippen molar-refractivity contribution in [1.29, 1.82) is 0 Å². The van der Waals surface area contributed by atoms with Crippen molar-refractivity contribution in [1.82, 2.24) is 0 Å². The molecule has 2 aliphatic rings. The zero-order valence-electron chi connectivity index (χ0n) is 12.8. The zero-order valence-corrected chi connectivity index (χ0v) is 12.8. The smallest absolute Gasteiger partial charge is 0.168 e. The van der Waals surface area contributed by atoms with Gasteiger partial charge in [0.25, 0.3) is 0 Å². The molecule has 1 aliphatic carbocycles. The molecule has 1 spiro atoms. The summed E-state index contributed by atoms with van der Waals surface area (Å²) in [4.78, 5) is 2.40. The predicted octanol–water partition coefficient (Wildman–Crippen LogP) is 3.73. The van der Waals surface area contributed by atoms with E-state index in [9.17, 15) is 4.39 Å². The molecule has 116 valence electrons. The summed E-state index contributed by atoms with van der Waals surface area (Å²) in [6, 6.07) is 7.69. The molecule has 2 fully saturated rings. The molecule has 0 aromatic heterocycles. The van der Waals surface area contributed by atoms with E-state index >= 15 is 0 Å². The minimum absolute atomic E-state index is 0.183. The van der Waals surface area contributed by atoms with Crippen molar-refractivity contribution in [3.05, 3.63) is 30.1 Å². The van der Waals surface area contributed by atoms with E-state index in [4.69, 9.17) is 9.47 Å². The molecule has 4 heteroatoms. The fourth-order valence-corrected chi connectivity index (χ4v) is 3.65. The van der Waals surface area contributed by atoms with Crippen molar-refractivity contribution in [2.45, 2.75) is 57.4 Å². The van der Waals surface area contributed by atoms with Crippen LogP contribution in [0.1, 0.15) is 39.5 Å². The van der Waals surface area contributed by atoms with Gasteiger partial charge in [-0.3, -0.25) is 0 Å². The van der Waals surface area contributed by atoms with E-state index < -0.39 is 0 Å². The van der Waals surface area contributed by atoms with Gasteiger partial charge in [-0.2, -0.15) is 0 Å². The number of benzene rings is 1. The lowest BCUT2D eigenvalue weighted by Gasteiger charge is -2.43. The van der Waals surface area contributed by atoms with E-state index in [0.29, 0.717) is 12.1 Å². The summed E-state index contributed by atoms with van der Waals surface area (Å²) >= 11 is 0. The molecule has 1 saturated carbocycles.